The fourth-order valence-electron chi connectivity index (χ4n) is 2.54. The summed E-state index contributed by atoms with van der Waals surface area (Å²) in [5.74, 6) is -2.69. The SMILES string of the molecule is O=C(Nc1ccc(C(F)(F)F)cc1)C1CC1C(=O)Nc1ccccc1F. The monoisotopic (exact) mass is 366 g/mol. The lowest BCUT2D eigenvalue weighted by Gasteiger charge is -2.09. The van der Waals surface area contributed by atoms with Gasteiger partial charge in [-0.15, -0.1) is 0 Å². The van der Waals surface area contributed by atoms with Crippen molar-refractivity contribution in [3.8, 4) is 0 Å². The number of halogens is 4. The molecule has 1 aliphatic rings. The summed E-state index contributed by atoms with van der Waals surface area (Å²) in [5.41, 5.74) is -0.571. The molecule has 3 rings (SSSR count). The Kier molecular flexibility index (Phi) is 4.67. The van der Waals surface area contributed by atoms with E-state index in [4.69, 9.17) is 0 Å². The highest BCUT2D eigenvalue weighted by Crippen LogP contribution is 2.40. The van der Waals surface area contributed by atoms with Crippen LogP contribution in [0.3, 0.4) is 0 Å². The van der Waals surface area contributed by atoms with Crippen LogP contribution < -0.4 is 10.6 Å². The van der Waals surface area contributed by atoms with Crippen molar-refractivity contribution in [1.82, 2.24) is 0 Å². The van der Waals surface area contributed by atoms with Crippen LogP contribution in [0.25, 0.3) is 0 Å². The van der Waals surface area contributed by atoms with Crippen LogP contribution in [0.5, 0.6) is 0 Å². The van der Waals surface area contributed by atoms with E-state index in [1.807, 2.05) is 0 Å². The molecule has 0 radical (unpaired) electrons. The zero-order valence-corrected chi connectivity index (χ0v) is 13.3. The zero-order valence-electron chi connectivity index (χ0n) is 13.3. The number of amides is 2. The van der Waals surface area contributed by atoms with E-state index in [-0.39, 0.29) is 11.4 Å². The van der Waals surface area contributed by atoms with Gasteiger partial charge in [-0.2, -0.15) is 13.2 Å². The van der Waals surface area contributed by atoms with E-state index in [0.717, 1.165) is 24.3 Å². The predicted molar refractivity (Wildman–Crippen MR) is 86.7 cm³/mol. The first kappa shape index (κ1) is 17.9. The van der Waals surface area contributed by atoms with Gasteiger partial charge >= 0.3 is 6.18 Å². The molecule has 26 heavy (non-hydrogen) atoms. The average Bonchev–Trinajstić information content (AvgIpc) is 3.37. The molecule has 136 valence electrons. The molecule has 0 spiro atoms. The Morgan fingerprint density at radius 1 is 0.885 bits per heavy atom. The Hall–Kier alpha value is -2.90. The molecule has 1 saturated carbocycles. The number of benzene rings is 2. The summed E-state index contributed by atoms with van der Waals surface area (Å²) in [6.45, 7) is 0. The molecular formula is C18H14F4N2O2. The third kappa shape index (κ3) is 4.01. The van der Waals surface area contributed by atoms with Gasteiger partial charge < -0.3 is 10.6 Å². The highest BCUT2D eigenvalue weighted by atomic mass is 19.4. The van der Waals surface area contributed by atoms with Gasteiger partial charge in [0.2, 0.25) is 11.8 Å². The first-order valence-corrected chi connectivity index (χ1v) is 7.79. The van der Waals surface area contributed by atoms with Gasteiger partial charge in [0.1, 0.15) is 5.82 Å². The van der Waals surface area contributed by atoms with Crippen LogP contribution in [0.15, 0.2) is 48.5 Å². The summed E-state index contributed by atoms with van der Waals surface area (Å²) in [4.78, 5) is 24.2. The van der Waals surface area contributed by atoms with Crippen molar-refractivity contribution >= 4 is 23.2 Å². The second-order valence-electron chi connectivity index (χ2n) is 5.98. The molecule has 2 aromatic rings. The second kappa shape index (κ2) is 6.78. The Morgan fingerprint density at radius 2 is 1.46 bits per heavy atom. The number of carbonyl (C=O) groups is 2. The molecule has 0 bridgehead atoms. The van der Waals surface area contributed by atoms with Crippen molar-refractivity contribution in [2.45, 2.75) is 12.6 Å². The van der Waals surface area contributed by atoms with Crippen molar-refractivity contribution in [2.75, 3.05) is 10.6 Å². The Morgan fingerprint density at radius 3 is 2.04 bits per heavy atom. The maximum atomic E-state index is 13.5. The van der Waals surface area contributed by atoms with Crippen LogP contribution in [-0.4, -0.2) is 11.8 Å². The minimum atomic E-state index is -4.45. The van der Waals surface area contributed by atoms with Crippen molar-refractivity contribution in [3.63, 3.8) is 0 Å². The third-order valence-electron chi connectivity index (χ3n) is 4.08. The van der Waals surface area contributed by atoms with E-state index >= 15 is 0 Å². The van der Waals surface area contributed by atoms with Gasteiger partial charge in [-0.25, -0.2) is 4.39 Å². The van der Waals surface area contributed by atoms with E-state index in [1.54, 1.807) is 6.07 Å². The average molecular weight is 366 g/mol. The smallest absolute Gasteiger partial charge is 0.326 e. The van der Waals surface area contributed by atoms with Crippen molar-refractivity contribution in [2.24, 2.45) is 11.8 Å². The van der Waals surface area contributed by atoms with Crippen LogP contribution >= 0.6 is 0 Å². The van der Waals surface area contributed by atoms with Crippen molar-refractivity contribution in [3.05, 3.63) is 59.9 Å². The van der Waals surface area contributed by atoms with E-state index in [9.17, 15) is 27.2 Å². The Labute approximate surface area is 146 Å². The highest BCUT2D eigenvalue weighted by Gasteiger charge is 2.48. The Bertz CT molecular complexity index is 834. The maximum Gasteiger partial charge on any atom is 0.416 e. The molecule has 2 N–H and O–H groups in total. The molecule has 8 heteroatoms. The summed E-state index contributed by atoms with van der Waals surface area (Å²) in [6.07, 6.45) is -4.15. The number of nitrogens with one attached hydrogen (secondary N) is 2. The van der Waals surface area contributed by atoms with Gasteiger partial charge in [0.15, 0.2) is 0 Å². The molecular weight excluding hydrogens is 352 g/mol. The van der Waals surface area contributed by atoms with Gasteiger partial charge in [-0.05, 0) is 42.8 Å². The quantitative estimate of drug-likeness (QED) is 0.802. The maximum absolute atomic E-state index is 13.5. The number of hydrogen-bond donors (Lipinski definition) is 2. The van der Waals surface area contributed by atoms with Crippen LogP contribution in [0.4, 0.5) is 28.9 Å². The van der Waals surface area contributed by atoms with Crippen molar-refractivity contribution in [1.29, 1.82) is 0 Å². The highest BCUT2D eigenvalue weighted by molar-refractivity contribution is 6.03. The van der Waals surface area contributed by atoms with Gasteiger partial charge in [0.05, 0.1) is 23.1 Å². The summed E-state index contributed by atoms with van der Waals surface area (Å²) < 4.78 is 51.0. The largest absolute Gasteiger partial charge is 0.416 e. The molecule has 0 aliphatic heterocycles. The van der Waals surface area contributed by atoms with Gasteiger partial charge in [-0.1, -0.05) is 12.1 Å². The first-order chi connectivity index (χ1) is 12.3. The number of alkyl halides is 3. The number of rotatable bonds is 4. The number of hydrogen-bond acceptors (Lipinski definition) is 2. The molecule has 1 aliphatic carbocycles. The van der Waals surface area contributed by atoms with Crippen LogP contribution in [-0.2, 0) is 15.8 Å². The standard InChI is InChI=1S/C18H14F4N2O2/c19-14-3-1-2-4-15(14)24-17(26)13-9-12(13)16(25)23-11-7-5-10(6-8-11)18(20,21)22/h1-8,12-13H,9H2,(H,23,25)(H,24,26). The number of anilines is 2. The van der Waals surface area contributed by atoms with E-state index in [0.29, 0.717) is 6.42 Å². The molecule has 4 nitrogen and oxygen atoms in total. The molecule has 2 amide bonds. The number of carbonyl (C=O) groups excluding carboxylic acids is 2. The first-order valence-electron chi connectivity index (χ1n) is 7.79. The predicted octanol–water partition coefficient (Wildman–Crippen LogP) is 4.06. The second-order valence-corrected chi connectivity index (χ2v) is 5.98. The van der Waals surface area contributed by atoms with Gasteiger partial charge in [0.25, 0.3) is 0 Å². The summed E-state index contributed by atoms with van der Waals surface area (Å²) in [6, 6.07) is 9.71. The normalized spacial score (nSPS) is 18.9. The minimum absolute atomic E-state index is 0.0336. The fraction of sp³-hybridized carbons (Fsp3) is 0.222. The molecule has 0 saturated heterocycles. The topological polar surface area (TPSA) is 58.2 Å². The van der Waals surface area contributed by atoms with Gasteiger partial charge in [-0.3, -0.25) is 9.59 Å². The van der Waals surface area contributed by atoms with E-state index in [1.165, 1.54) is 18.2 Å². The molecule has 0 heterocycles. The van der Waals surface area contributed by atoms with Gasteiger partial charge in [0, 0.05) is 5.69 Å². The summed E-state index contributed by atoms with van der Waals surface area (Å²) >= 11 is 0. The third-order valence-corrected chi connectivity index (χ3v) is 4.08. The molecule has 0 aromatic heterocycles. The van der Waals surface area contributed by atoms with E-state index < -0.39 is 41.2 Å². The Balaban J connectivity index is 1.56. The van der Waals surface area contributed by atoms with Crippen LogP contribution in [0.1, 0.15) is 12.0 Å². The molecule has 2 unspecified atom stereocenters. The summed E-state index contributed by atoms with van der Waals surface area (Å²) in [5, 5.41) is 4.91. The fourth-order valence-corrected chi connectivity index (χ4v) is 2.54. The molecule has 1 fully saturated rings. The minimum Gasteiger partial charge on any atom is -0.326 e. The molecule has 2 atom stereocenters. The number of para-hydroxylation sites is 1. The van der Waals surface area contributed by atoms with Crippen molar-refractivity contribution < 1.29 is 27.2 Å². The lowest BCUT2D eigenvalue weighted by atomic mass is 10.2. The lowest BCUT2D eigenvalue weighted by molar-refractivity contribution is -0.137. The van der Waals surface area contributed by atoms with Crippen LogP contribution in [0.2, 0.25) is 0 Å². The zero-order chi connectivity index (χ0) is 18.9. The van der Waals surface area contributed by atoms with E-state index in [2.05, 4.69) is 10.6 Å². The van der Waals surface area contributed by atoms with Crippen LogP contribution in [0, 0.1) is 17.7 Å². The summed E-state index contributed by atoms with van der Waals surface area (Å²) in [7, 11) is 0. The lowest BCUT2D eigenvalue weighted by Crippen LogP contribution is -2.21. The molecule has 2 aromatic carbocycles.